The molecule has 7 fully saturated rings. The molecular formula is C58H60F2N12O6. The standard InChI is InChI=1S/C58H60F2N12O6/c1-4-41-45(59)13-9-35-6-5-7-43(48(35)41)50-49(60)51-44(26-61-50)52(70-29-38-10-11-39(30-70)62-38)65-55(64-51)78-32-58-19-14-40(72(58)27-33(2)25-58)31-77-57(76)69-22-17-37(28-69)54(74)68-20-15-34(16-21-68)36-8-12-42-46(24-36)67(3)66-53(42)71-23-18-47(73)63-56(71)75/h1,5-9,12-13,24,26,34,37-40,62H,2,10-11,14-23,25,27-32H2,3H3,(H,63,73,75)/t37?,38-,39+,40-,58-/m0/s1. The highest BCUT2D eigenvalue weighted by atomic mass is 19.1. The highest BCUT2D eigenvalue weighted by molar-refractivity contribution is 6.09. The minimum absolute atomic E-state index is 0.00880. The lowest BCUT2D eigenvalue weighted by molar-refractivity contribution is -0.136. The van der Waals surface area contributed by atoms with Crippen LogP contribution in [0.5, 0.6) is 6.01 Å². The molecule has 0 saturated carbocycles. The number of carbonyl (C=O) groups excluding carboxylic acids is 4. The number of imide groups is 1. The van der Waals surface area contributed by atoms with Crippen LogP contribution in [0, 0.1) is 29.9 Å². The van der Waals surface area contributed by atoms with Crippen LogP contribution in [-0.2, 0) is 21.4 Å². The van der Waals surface area contributed by atoms with E-state index in [0.29, 0.717) is 92.0 Å². The molecule has 0 spiro atoms. The third kappa shape index (κ3) is 8.71. The second-order valence-corrected chi connectivity index (χ2v) is 22.4. The first-order valence-corrected chi connectivity index (χ1v) is 27.2. The van der Waals surface area contributed by atoms with Crippen molar-refractivity contribution in [3.05, 3.63) is 89.6 Å². The van der Waals surface area contributed by atoms with Gasteiger partial charge in [-0.25, -0.2) is 18.4 Å². The van der Waals surface area contributed by atoms with Crippen LogP contribution in [0.1, 0.15) is 74.8 Å². The van der Waals surface area contributed by atoms with Crippen LogP contribution >= 0.6 is 0 Å². The number of rotatable bonds is 10. The van der Waals surface area contributed by atoms with Gasteiger partial charge in [0.1, 0.15) is 36.1 Å². The van der Waals surface area contributed by atoms with E-state index in [4.69, 9.17) is 25.9 Å². The fraction of sp³-hybridized carbons (Fsp3) is 0.448. The molecule has 20 heteroatoms. The normalized spacial score (nSPS) is 24.7. The van der Waals surface area contributed by atoms with Crippen molar-refractivity contribution >= 4 is 68.2 Å². The molecule has 10 heterocycles. The molecule has 3 aromatic heterocycles. The number of hydrogen-bond donors (Lipinski definition) is 2. The second kappa shape index (κ2) is 19.6. The van der Waals surface area contributed by atoms with E-state index in [1.165, 1.54) is 11.0 Å². The van der Waals surface area contributed by atoms with E-state index in [1.54, 1.807) is 40.0 Å². The number of benzene rings is 3. The fourth-order valence-corrected chi connectivity index (χ4v) is 13.7. The predicted octanol–water partition coefficient (Wildman–Crippen LogP) is 6.78. The Morgan fingerprint density at radius 1 is 0.923 bits per heavy atom. The molecule has 7 aliphatic rings. The van der Waals surface area contributed by atoms with Gasteiger partial charge in [-0.2, -0.15) is 15.1 Å². The summed E-state index contributed by atoms with van der Waals surface area (Å²) in [7, 11) is 1.85. The van der Waals surface area contributed by atoms with Crippen molar-refractivity contribution in [3.8, 4) is 29.6 Å². The molecule has 2 bridgehead atoms. The molecule has 78 heavy (non-hydrogen) atoms. The number of likely N-dealkylation sites (tertiary alicyclic amines) is 2. The third-order valence-electron chi connectivity index (χ3n) is 17.6. The zero-order valence-electron chi connectivity index (χ0n) is 43.5. The Morgan fingerprint density at radius 2 is 1.73 bits per heavy atom. The Kier molecular flexibility index (Phi) is 12.5. The molecule has 5 atom stereocenters. The number of halogens is 2. The van der Waals surface area contributed by atoms with Gasteiger partial charge in [0, 0.05) is 106 Å². The van der Waals surface area contributed by atoms with E-state index in [0.717, 1.165) is 60.6 Å². The summed E-state index contributed by atoms with van der Waals surface area (Å²) >= 11 is 0. The Bertz CT molecular complexity index is 3530. The molecule has 6 aromatic rings. The summed E-state index contributed by atoms with van der Waals surface area (Å²) in [6.45, 7) is 8.91. The van der Waals surface area contributed by atoms with Gasteiger partial charge >= 0.3 is 18.1 Å². The van der Waals surface area contributed by atoms with Gasteiger partial charge in [0.2, 0.25) is 11.8 Å². The van der Waals surface area contributed by atoms with E-state index >= 15 is 8.78 Å². The molecule has 13 rings (SSSR count). The van der Waals surface area contributed by atoms with Gasteiger partial charge in [-0.05, 0) is 86.4 Å². The minimum atomic E-state index is -0.689. The number of hydrogen-bond acceptors (Lipinski definition) is 13. The smallest absolute Gasteiger partial charge is 0.409 e. The van der Waals surface area contributed by atoms with Crippen molar-refractivity contribution in [3.63, 3.8) is 0 Å². The van der Waals surface area contributed by atoms with Crippen molar-refractivity contribution in [1.29, 1.82) is 0 Å². The topological polar surface area (TPSA) is 183 Å². The number of carbonyl (C=O) groups is 4. The summed E-state index contributed by atoms with van der Waals surface area (Å²) in [5.41, 5.74) is 3.01. The van der Waals surface area contributed by atoms with E-state index in [-0.39, 0.29) is 90.7 Å². The van der Waals surface area contributed by atoms with Crippen molar-refractivity contribution in [2.45, 2.75) is 87.4 Å². The zero-order chi connectivity index (χ0) is 53.6. The van der Waals surface area contributed by atoms with Gasteiger partial charge in [0.15, 0.2) is 11.6 Å². The van der Waals surface area contributed by atoms with Crippen LogP contribution in [0.4, 0.5) is 30.0 Å². The Hall–Kier alpha value is -7.76. The lowest BCUT2D eigenvalue weighted by atomic mass is 9.88. The number of pyridine rings is 1. The number of aromatic nitrogens is 5. The number of nitrogens with zero attached hydrogens (tertiary/aromatic N) is 10. The fourth-order valence-electron chi connectivity index (χ4n) is 13.7. The van der Waals surface area contributed by atoms with Crippen LogP contribution < -0.4 is 25.2 Å². The Labute approximate surface area is 449 Å². The number of piperazine rings is 1. The van der Waals surface area contributed by atoms with E-state index in [2.05, 4.69) is 55.1 Å². The summed E-state index contributed by atoms with van der Waals surface area (Å²) in [6, 6.07) is 14.3. The molecule has 7 aliphatic heterocycles. The van der Waals surface area contributed by atoms with Crippen LogP contribution in [0.3, 0.4) is 0 Å². The van der Waals surface area contributed by atoms with Gasteiger partial charge < -0.3 is 29.5 Å². The number of ether oxygens (including phenoxy) is 2. The first-order chi connectivity index (χ1) is 37.8. The first-order valence-electron chi connectivity index (χ1n) is 27.2. The van der Waals surface area contributed by atoms with Crippen LogP contribution in [0.25, 0.3) is 43.8 Å². The van der Waals surface area contributed by atoms with E-state index < -0.39 is 29.3 Å². The number of aryl methyl sites for hydroxylation is 1. The highest BCUT2D eigenvalue weighted by Crippen LogP contribution is 2.45. The van der Waals surface area contributed by atoms with Gasteiger partial charge in [0.05, 0.1) is 27.9 Å². The molecular weight excluding hydrogens is 999 g/mol. The molecule has 2 N–H and O–H groups in total. The largest absolute Gasteiger partial charge is 0.461 e. The second-order valence-electron chi connectivity index (χ2n) is 22.4. The average Bonchev–Trinajstić information content (AvgIpc) is 4.43. The molecule has 402 valence electrons. The Balaban J connectivity index is 0.654. The van der Waals surface area contributed by atoms with Crippen molar-refractivity contribution in [2.75, 3.05) is 75.4 Å². The average molecular weight is 1060 g/mol. The number of urea groups is 1. The SMILES string of the molecule is C#Cc1c(F)ccc2cccc(-c3ncc4c(N5C[C@H]6CC[C@@H](C5)N6)nc(OC[C@@]56CC[C@@H](COC(=O)N7CCC(C(=O)N8CCC(c9ccc%10c(N%11CCC(=O)NC%11=O)nn(C)c%10c9)CC8)C7)N5CC(=C)C6)nc4c3F)c12. The molecule has 7 saturated heterocycles. The van der Waals surface area contributed by atoms with Crippen molar-refractivity contribution in [2.24, 2.45) is 13.0 Å². The lowest BCUT2D eigenvalue weighted by Gasteiger charge is -2.35. The molecule has 3 aromatic carbocycles. The van der Waals surface area contributed by atoms with E-state index in [9.17, 15) is 19.2 Å². The molecule has 1 unspecified atom stereocenters. The van der Waals surface area contributed by atoms with Gasteiger partial charge in [0.25, 0.3) is 0 Å². The highest BCUT2D eigenvalue weighted by Gasteiger charge is 2.52. The third-order valence-corrected chi connectivity index (χ3v) is 17.6. The first kappa shape index (κ1) is 49.8. The Morgan fingerprint density at radius 3 is 2.53 bits per heavy atom. The number of piperidine rings is 1. The van der Waals surface area contributed by atoms with Crippen LogP contribution in [0.15, 0.2) is 66.9 Å². The summed E-state index contributed by atoms with van der Waals surface area (Å²) < 4.78 is 46.8. The molecule has 0 aliphatic carbocycles. The number of fused-ring (bicyclic) bond motifs is 6. The van der Waals surface area contributed by atoms with Crippen LogP contribution in [-0.4, -0.2) is 153 Å². The monoisotopic (exact) mass is 1060 g/mol. The maximum Gasteiger partial charge on any atom is 0.409 e. The summed E-state index contributed by atoms with van der Waals surface area (Å²) in [6.07, 6.45) is 13.6. The predicted molar refractivity (Wildman–Crippen MR) is 288 cm³/mol. The van der Waals surface area contributed by atoms with Gasteiger partial charge in [-0.3, -0.25) is 34.4 Å². The van der Waals surface area contributed by atoms with Crippen LogP contribution in [0.2, 0.25) is 0 Å². The zero-order valence-corrected chi connectivity index (χ0v) is 43.5. The van der Waals surface area contributed by atoms with E-state index in [1.807, 2.05) is 18.0 Å². The number of anilines is 2. The number of terminal acetylenes is 1. The molecule has 0 radical (unpaired) electrons. The lowest BCUT2D eigenvalue weighted by Crippen LogP contribution is -2.51. The van der Waals surface area contributed by atoms with Crippen molar-refractivity contribution in [1.82, 2.24) is 50.1 Å². The quantitative estimate of drug-likeness (QED) is 0.108. The minimum Gasteiger partial charge on any atom is -0.461 e. The van der Waals surface area contributed by atoms with Crippen molar-refractivity contribution < 1.29 is 37.4 Å². The summed E-state index contributed by atoms with van der Waals surface area (Å²) in [5, 5.41) is 13.0. The number of nitrogens with one attached hydrogen (secondary N) is 2. The summed E-state index contributed by atoms with van der Waals surface area (Å²) in [4.78, 5) is 75.9. The van der Waals surface area contributed by atoms with Gasteiger partial charge in [-0.15, -0.1) is 6.42 Å². The molecule has 5 amide bonds. The van der Waals surface area contributed by atoms with Gasteiger partial charge in [-0.1, -0.05) is 48.4 Å². The molecule has 18 nitrogen and oxygen atoms in total. The maximum absolute atomic E-state index is 17.3. The maximum atomic E-state index is 17.3. The number of amides is 5. The summed E-state index contributed by atoms with van der Waals surface area (Å²) in [5.74, 6) is 1.96.